The van der Waals surface area contributed by atoms with Gasteiger partial charge in [0, 0.05) is 35.1 Å². The molecule has 4 rings (SSSR count). The van der Waals surface area contributed by atoms with Gasteiger partial charge in [0.25, 0.3) is 11.6 Å². The number of hydrogen-bond donors (Lipinski definition) is 1. The second-order valence-electron chi connectivity index (χ2n) is 6.61. The smallest absolute Gasteiger partial charge is 0.282 e. The number of nitro groups is 1. The van der Waals surface area contributed by atoms with Gasteiger partial charge in [0.15, 0.2) is 0 Å². The molecule has 1 amide bonds. The monoisotopic (exact) mass is 434 g/mol. The Bertz CT molecular complexity index is 1240. The fraction of sp³-hybridized carbons (Fsp3) is 0.0909. The molecule has 0 atom stereocenters. The lowest BCUT2D eigenvalue weighted by molar-refractivity contribution is -0.385. The van der Waals surface area contributed by atoms with Crippen LogP contribution in [0.4, 0.5) is 11.4 Å². The number of imidazole rings is 1. The van der Waals surface area contributed by atoms with E-state index in [1.807, 2.05) is 41.2 Å². The predicted molar refractivity (Wildman–Crippen MR) is 119 cm³/mol. The highest BCUT2D eigenvalue weighted by atomic mass is 32.2. The van der Waals surface area contributed by atoms with Crippen molar-refractivity contribution in [1.29, 1.82) is 0 Å². The zero-order valence-electron chi connectivity index (χ0n) is 16.5. The minimum Gasteiger partial charge on any atom is -0.487 e. The van der Waals surface area contributed by atoms with Gasteiger partial charge < -0.3 is 14.5 Å². The molecule has 0 spiro atoms. The summed E-state index contributed by atoms with van der Waals surface area (Å²) in [5, 5.41) is 14.0. The number of carbonyl (C=O) groups is 1. The molecule has 2 heterocycles. The highest BCUT2D eigenvalue weighted by Gasteiger charge is 2.21. The molecule has 156 valence electrons. The van der Waals surface area contributed by atoms with Crippen LogP contribution in [0.2, 0.25) is 0 Å². The molecular weight excluding hydrogens is 416 g/mol. The fourth-order valence-electron chi connectivity index (χ4n) is 3.06. The standard InChI is InChI=1S/C22H18N4O4S/c1-31-18-8-9-20(26(28)29)19(12-18)22(27)24-15-5-4-6-17(11-15)30-14-16-13-25-10-3-2-7-21(25)23-16/h2-13H,14H2,1H3,(H,24,27). The number of thioether (sulfide) groups is 1. The van der Waals surface area contributed by atoms with Gasteiger partial charge in [-0.2, -0.15) is 0 Å². The van der Waals surface area contributed by atoms with Gasteiger partial charge in [0.1, 0.15) is 23.6 Å². The first-order valence-corrected chi connectivity index (χ1v) is 10.6. The number of fused-ring (bicyclic) bond motifs is 1. The lowest BCUT2D eigenvalue weighted by atomic mass is 10.1. The minimum atomic E-state index is -0.562. The third kappa shape index (κ3) is 4.67. The van der Waals surface area contributed by atoms with Gasteiger partial charge in [0.2, 0.25) is 0 Å². The maximum atomic E-state index is 12.7. The van der Waals surface area contributed by atoms with Crippen molar-refractivity contribution in [2.75, 3.05) is 11.6 Å². The Hall–Kier alpha value is -3.85. The Kier molecular flexibility index (Phi) is 5.85. The Morgan fingerprint density at radius 1 is 1.19 bits per heavy atom. The summed E-state index contributed by atoms with van der Waals surface area (Å²) >= 11 is 1.41. The zero-order valence-corrected chi connectivity index (χ0v) is 17.3. The van der Waals surface area contributed by atoms with Crippen LogP contribution < -0.4 is 10.1 Å². The highest BCUT2D eigenvalue weighted by Crippen LogP contribution is 2.26. The summed E-state index contributed by atoms with van der Waals surface area (Å²) in [6.07, 6.45) is 5.64. The van der Waals surface area contributed by atoms with Crippen LogP contribution in [0.1, 0.15) is 16.1 Å². The van der Waals surface area contributed by atoms with E-state index in [0.29, 0.717) is 11.4 Å². The number of carbonyl (C=O) groups excluding carboxylic acids is 1. The van der Waals surface area contributed by atoms with Crippen LogP contribution in [0.15, 0.2) is 78.0 Å². The topological polar surface area (TPSA) is 98.8 Å². The van der Waals surface area contributed by atoms with Crippen molar-refractivity contribution in [2.45, 2.75) is 11.5 Å². The van der Waals surface area contributed by atoms with Crippen LogP contribution >= 0.6 is 11.8 Å². The molecular formula is C22H18N4O4S. The van der Waals surface area contributed by atoms with Crippen LogP contribution in [0, 0.1) is 10.1 Å². The summed E-state index contributed by atoms with van der Waals surface area (Å²) in [5.74, 6) is -0.0117. The van der Waals surface area contributed by atoms with E-state index in [9.17, 15) is 14.9 Å². The quantitative estimate of drug-likeness (QED) is 0.255. The lowest BCUT2D eigenvalue weighted by Gasteiger charge is -2.09. The molecule has 0 bridgehead atoms. The number of ether oxygens (including phenoxy) is 1. The van der Waals surface area contributed by atoms with Gasteiger partial charge in [-0.1, -0.05) is 12.1 Å². The van der Waals surface area contributed by atoms with Gasteiger partial charge >= 0.3 is 0 Å². The number of anilines is 1. The fourth-order valence-corrected chi connectivity index (χ4v) is 3.50. The van der Waals surface area contributed by atoms with E-state index in [2.05, 4.69) is 10.3 Å². The summed E-state index contributed by atoms with van der Waals surface area (Å²) in [6, 6.07) is 17.1. The average molecular weight is 434 g/mol. The van der Waals surface area contributed by atoms with E-state index in [1.54, 1.807) is 30.3 Å². The first-order valence-electron chi connectivity index (χ1n) is 9.33. The molecule has 0 saturated carbocycles. The Balaban J connectivity index is 1.48. The van der Waals surface area contributed by atoms with Crippen molar-refractivity contribution < 1.29 is 14.5 Å². The van der Waals surface area contributed by atoms with E-state index >= 15 is 0 Å². The molecule has 8 nitrogen and oxygen atoms in total. The normalized spacial score (nSPS) is 10.7. The van der Waals surface area contributed by atoms with Gasteiger partial charge in [-0.3, -0.25) is 14.9 Å². The van der Waals surface area contributed by atoms with Crippen LogP contribution in [-0.4, -0.2) is 26.5 Å². The molecule has 9 heteroatoms. The molecule has 2 aromatic carbocycles. The molecule has 2 aromatic heterocycles. The number of amides is 1. The summed E-state index contributed by atoms with van der Waals surface area (Å²) in [4.78, 5) is 28.7. The van der Waals surface area contributed by atoms with Gasteiger partial charge in [0.05, 0.1) is 10.6 Å². The second kappa shape index (κ2) is 8.88. The predicted octanol–water partition coefficient (Wildman–Crippen LogP) is 4.80. The van der Waals surface area contributed by atoms with Crippen LogP contribution in [0.25, 0.3) is 5.65 Å². The van der Waals surface area contributed by atoms with E-state index < -0.39 is 10.8 Å². The summed E-state index contributed by atoms with van der Waals surface area (Å²) in [7, 11) is 0. The molecule has 0 aliphatic heterocycles. The van der Waals surface area contributed by atoms with Gasteiger partial charge in [-0.25, -0.2) is 4.98 Å². The van der Waals surface area contributed by atoms with E-state index in [0.717, 1.165) is 16.2 Å². The highest BCUT2D eigenvalue weighted by molar-refractivity contribution is 7.98. The molecule has 0 aliphatic rings. The minimum absolute atomic E-state index is 0.00729. The molecule has 0 saturated heterocycles. The zero-order chi connectivity index (χ0) is 21.8. The SMILES string of the molecule is CSc1ccc([N+](=O)[O-])c(C(=O)Nc2cccc(OCc3cn4ccccc4n3)c2)c1. The van der Waals surface area contributed by atoms with Crippen molar-refractivity contribution in [3.8, 4) is 5.75 Å². The van der Waals surface area contributed by atoms with Crippen LogP contribution in [0.3, 0.4) is 0 Å². The van der Waals surface area contributed by atoms with E-state index in [-0.39, 0.29) is 17.9 Å². The van der Waals surface area contributed by atoms with E-state index in [1.165, 1.54) is 23.9 Å². The molecule has 0 unspecified atom stereocenters. The maximum absolute atomic E-state index is 12.7. The van der Waals surface area contributed by atoms with Crippen molar-refractivity contribution in [3.05, 3.63) is 94.4 Å². The number of nitrogens with zero attached hydrogens (tertiary/aromatic N) is 3. The summed E-state index contributed by atoms with van der Waals surface area (Å²) < 4.78 is 7.72. The largest absolute Gasteiger partial charge is 0.487 e. The third-order valence-electron chi connectivity index (χ3n) is 4.54. The first-order chi connectivity index (χ1) is 15.0. The Morgan fingerprint density at radius 3 is 2.84 bits per heavy atom. The van der Waals surface area contributed by atoms with Gasteiger partial charge in [-0.15, -0.1) is 11.8 Å². The molecule has 1 N–H and O–H groups in total. The molecule has 0 fully saturated rings. The van der Waals surface area contributed by atoms with Crippen molar-refractivity contribution in [3.63, 3.8) is 0 Å². The average Bonchev–Trinajstić information content (AvgIpc) is 3.20. The lowest BCUT2D eigenvalue weighted by Crippen LogP contribution is -2.14. The van der Waals surface area contributed by atoms with Crippen molar-refractivity contribution in [2.24, 2.45) is 0 Å². The number of nitro benzene ring substituents is 1. The number of benzene rings is 2. The number of hydrogen-bond acceptors (Lipinski definition) is 6. The number of rotatable bonds is 7. The number of nitrogens with one attached hydrogen (secondary N) is 1. The maximum Gasteiger partial charge on any atom is 0.282 e. The van der Waals surface area contributed by atoms with Crippen LogP contribution in [-0.2, 0) is 6.61 Å². The Labute approximate surface area is 182 Å². The molecule has 0 radical (unpaired) electrons. The second-order valence-corrected chi connectivity index (χ2v) is 7.49. The van der Waals surface area contributed by atoms with Crippen LogP contribution in [0.5, 0.6) is 5.75 Å². The van der Waals surface area contributed by atoms with E-state index in [4.69, 9.17) is 4.74 Å². The number of pyridine rings is 1. The van der Waals surface area contributed by atoms with Crippen molar-refractivity contribution >= 4 is 34.7 Å². The molecule has 0 aliphatic carbocycles. The number of aromatic nitrogens is 2. The molecule has 31 heavy (non-hydrogen) atoms. The van der Waals surface area contributed by atoms with Gasteiger partial charge in [-0.05, 0) is 42.7 Å². The molecule has 4 aromatic rings. The summed E-state index contributed by atoms with van der Waals surface area (Å²) in [5.41, 5.74) is 1.84. The van der Waals surface area contributed by atoms with Crippen molar-refractivity contribution in [1.82, 2.24) is 9.38 Å². The third-order valence-corrected chi connectivity index (χ3v) is 5.26. The Morgan fingerprint density at radius 2 is 2.06 bits per heavy atom. The first kappa shape index (κ1) is 20.4. The summed E-state index contributed by atoms with van der Waals surface area (Å²) in [6.45, 7) is 0.264.